The van der Waals surface area contributed by atoms with E-state index in [4.69, 9.17) is 0 Å². The van der Waals surface area contributed by atoms with Gasteiger partial charge in [-0.3, -0.25) is 0 Å². The van der Waals surface area contributed by atoms with Crippen molar-refractivity contribution in [3.8, 4) is 11.3 Å². The fraction of sp³-hybridized carbons (Fsp3) is 0.200. The molecule has 2 heterocycles. The van der Waals surface area contributed by atoms with Crippen molar-refractivity contribution in [1.82, 2.24) is 0 Å². The van der Waals surface area contributed by atoms with Gasteiger partial charge >= 0.3 is 0 Å². The van der Waals surface area contributed by atoms with Gasteiger partial charge in [0.05, 0.1) is 12.2 Å². The molecule has 1 unspecified atom stereocenters. The number of halogens is 2. The minimum atomic E-state index is -0.518. The first-order valence-corrected chi connectivity index (χ1v) is 5.93. The van der Waals surface area contributed by atoms with Crippen molar-refractivity contribution in [2.45, 2.75) is 19.8 Å². The minimum absolute atomic E-state index is 0.00472. The fourth-order valence-corrected chi connectivity index (χ4v) is 2.59. The third-order valence-electron chi connectivity index (χ3n) is 3.67. The summed E-state index contributed by atoms with van der Waals surface area (Å²) in [6.45, 7) is 3.95. The van der Waals surface area contributed by atoms with Gasteiger partial charge in [-0.2, -0.15) is 0 Å². The van der Waals surface area contributed by atoms with E-state index in [0.29, 0.717) is 5.56 Å². The van der Waals surface area contributed by atoms with Crippen LogP contribution in [0.15, 0.2) is 36.5 Å². The summed E-state index contributed by atoms with van der Waals surface area (Å²) < 4.78 is 29.4. The molecule has 0 N–H and O–H groups in total. The number of rotatable bonds is 0. The van der Waals surface area contributed by atoms with Gasteiger partial charge in [0, 0.05) is 17.5 Å². The smallest absolute Gasteiger partial charge is 0.127 e. The van der Waals surface area contributed by atoms with E-state index >= 15 is 0 Å². The van der Waals surface area contributed by atoms with Gasteiger partial charge in [0.25, 0.3) is 0 Å². The third kappa shape index (κ3) is 1.43. The van der Waals surface area contributed by atoms with Crippen LogP contribution >= 0.6 is 0 Å². The number of pyridine rings is 1. The molecule has 0 saturated carbocycles. The molecule has 3 rings (SSSR count). The lowest BCUT2D eigenvalue weighted by atomic mass is 9.84. The van der Waals surface area contributed by atoms with Crippen LogP contribution in [0.3, 0.4) is 0 Å². The van der Waals surface area contributed by atoms with E-state index in [9.17, 15) is 8.78 Å². The topological polar surface area (TPSA) is 3.88 Å². The maximum atomic E-state index is 14.0. The van der Waals surface area contributed by atoms with Crippen LogP contribution < -0.4 is 4.57 Å². The van der Waals surface area contributed by atoms with Crippen LogP contribution in [0.25, 0.3) is 11.3 Å². The number of hydrogen-bond donors (Lipinski definition) is 0. The lowest BCUT2D eigenvalue weighted by Crippen LogP contribution is -2.46. The predicted octanol–water partition coefficient (Wildman–Crippen LogP) is 3.44. The predicted molar refractivity (Wildman–Crippen MR) is 64.7 cm³/mol. The first kappa shape index (κ1) is 11.2. The Bertz CT molecular complexity index is 622. The molecule has 0 spiro atoms. The van der Waals surface area contributed by atoms with Gasteiger partial charge in [-0.05, 0) is 24.6 Å². The molecule has 0 saturated heterocycles. The monoisotopic (exact) mass is 245 g/mol. The Labute approximate surface area is 105 Å². The van der Waals surface area contributed by atoms with E-state index in [1.165, 1.54) is 6.07 Å². The maximum absolute atomic E-state index is 14.0. The van der Waals surface area contributed by atoms with Gasteiger partial charge in [0.1, 0.15) is 17.3 Å². The number of nitrogens with zero attached hydrogens (tertiary/aromatic N) is 1. The summed E-state index contributed by atoms with van der Waals surface area (Å²) in [4.78, 5) is 0. The normalized spacial score (nSPS) is 17.3. The van der Waals surface area contributed by atoms with Crippen molar-refractivity contribution in [2.75, 3.05) is 0 Å². The first-order valence-electron chi connectivity index (χ1n) is 5.93. The highest BCUT2D eigenvalue weighted by atomic mass is 19.1. The van der Waals surface area contributed by atoms with Crippen LogP contribution in [0.1, 0.15) is 25.3 Å². The molecule has 1 atom stereocenters. The van der Waals surface area contributed by atoms with Gasteiger partial charge in [-0.15, -0.1) is 0 Å². The molecule has 1 aromatic heterocycles. The average molecular weight is 245 g/mol. The Morgan fingerprint density at radius 1 is 1.22 bits per heavy atom. The van der Waals surface area contributed by atoms with E-state index in [1.54, 1.807) is 0 Å². The zero-order valence-corrected chi connectivity index (χ0v) is 10.2. The highest BCUT2D eigenvalue weighted by Gasteiger charge is 2.30. The van der Waals surface area contributed by atoms with E-state index in [0.717, 1.165) is 23.4 Å². The number of fused-ring (bicyclic) bond motifs is 3. The fourth-order valence-electron chi connectivity index (χ4n) is 2.59. The highest BCUT2D eigenvalue weighted by molar-refractivity contribution is 5.65. The first-order chi connectivity index (χ1) is 8.59. The Hall–Kier alpha value is -1.90. The van der Waals surface area contributed by atoms with Crippen molar-refractivity contribution in [1.29, 1.82) is 0 Å². The quantitative estimate of drug-likeness (QED) is 0.494. The molecule has 1 aliphatic rings. The van der Waals surface area contributed by atoms with Crippen molar-refractivity contribution >= 4 is 0 Å². The zero-order chi connectivity index (χ0) is 12.9. The van der Waals surface area contributed by atoms with Crippen LogP contribution in [0.4, 0.5) is 8.78 Å². The summed E-state index contributed by atoms with van der Waals surface area (Å²) in [6, 6.07) is 9.08. The molecular weight excluding hydrogens is 232 g/mol. The standard InChI is InChI=1S/C15H13F2N/c1-9-10(2)18-6-4-3-5-14(18)15-12(9)7-11(16)8-13(15)17/h3-9H,1-2H3. The van der Waals surface area contributed by atoms with Gasteiger partial charge in [0.2, 0.25) is 0 Å². The van der Waals surface area contributed by atoms with Crippen LogP contribution in [-0.2, 0) is 0 Å². The Kier molecular flexibility index (Phi) is 2.37. The second-order valence-corrected chi connectivity index (χ2v) is 4.67. The highest BCUT2D eigenvalue weighted by Crippen LogP contribution is 2.38. The summed E-state index contributed by atoms with van der Waals surface area (Å²) in [5.74, 6) is -1.01. The molecule has 1 aromatic carbocycles. The second-order valence-electron chi connectivity index (χ2n) is 4.67. The summed E-state index contributed by atoms with van der Waals surface area (Å²) in [7, 11) is 0. The molecule has 0 fully saturated rings. The molecule has 18 heavy (non-hydrogen) atoms. The van der Waals surface area contributed by atoms with Crippen molar-refractivity contribution in [3.05, 3.63) is 59.8 Å². The van der Waals surface area contributed by atoms with Gasteiger partial charge in [0.15, 0.2) is 0 Å². The van der Waals surface area contributed by atoms with Crippen molar-refractivity contribution < 1.29 is 13.3 Å². The molecule has 0 bridgehead atoms. The van der Waals surface area contributed by atoms with Crippen LogP contribution in [0.5, 0.6) is 0 Å². The summed E-state index contributed by atoms with van der Waals surface area (Å²) in [5, 5.41) is 0. The lowest BCUT2D eigenvalue weighted by molar-refractivity contribution is -0.650. The van der Waals surface area contributed by atoms with Gasteiger partial charge in [-0.25, -0.2) is 8.78 Å². The molecule has 1 nitrogen and oxygen atoms in total. The SMILES string of the molecule is C[C-]1C(C)c2cc(F)cc(F)c2-c2cccc[n+]21. The largest absolute Gasteiger partial charge is 0.327 e. The van der Waals surface area contributed by atoms with Crippen LogP contribution in [-0.4, -0.2) is 0 Å². The molecule has 0 amide bonds. The summed E-state index contributed by atoms with van der Waals surface area (Å²) >= 11 is 0. The van der Waals surface area contributed by atoms with E-state index < -0.39 is 11.6 Å². The Morgan fingerprint density at radius 2 is 2.00 bits per heavy atom. The second kappa shape index (κ2) is 3.80. The number of hydrogen-bond acceptors (Lipinski definition) is 0. The molecule has 0 radical (unpaired) electrons. The van der Waals surface area contributed by atoms with Crippen LogP contribution in [0.2, 0.25) is 0 Å². The van der Waals surface area contributed by atoms with Crippen molar-refractivity contribution in [2.24, 2.45) is 0 Å². The maximum Gasteiger partial charge on any atom is 0.127 e. The average Bonchev–Trinajstić information content (AvgIpc) is 2.35. The van der Waals surface area contributed by atoms with E-state index in [1.807, 2.05) is 42.8 Å². The van der Waals surface area contributed by atoms with E-state index in [-0.39, 0.29) is 5.92 Å². The summed E-state index contributed by atoms with van der Waals surface area (Å²) in [5.41, 5.74) is 2.01. The minimum Gasteiger partial charge on any atom is -0.327 e. The molecular formula is C15H13F2N. The van der Waals surface area contributed by atoms with E-state index in [2.05, 4.69) is 0 Å². The summed E-state index contributed by atoms with van der Waals surface area (Å²) in [6.07, 6.45) is 1.91. The molecule has 3 heteroatoms. The molecule has 1 aliphatic heterocycles. The third-order valence-corrected chi connectivity index (χ3v) is 3.67. The number of benzene rings is 1. The van der Waals surface area contributed by atoms with Gasteiger partial charge < -0.3 is 4.57 Å². The number of aromatic nitrogens is 1. The zero-order valence-electron chi connectivity index (χ0n) is 10.2. The molecule has 2 aromatic rings. The molecule has 0 aliphatic carbocycles. The Morgan fingerprint density at radius 3 is 2.78 bits per heavy atom. The van der Waals surface area contributed by atoms with Gasteiger partial charge in [-0.1, -0.05) is 19.1 Å². The lowest BCUT2D eigenvalue weighted by Gasteiger charge is -2.32. The Balaban J connectivity index is 2.37. The van der Waals surface area contributed by atoms with Crippen molar-refractivity contribution in [3.63, 3.8) is 0 Å². The molecule has 92 valence electrons. The van der Waals surface area contributed by atoms with Crippen LogP contribution in [0, 0.1) is 17.7 Å².